The van der Waals surface area contributed by atoms with Crippen molar-refractivity contribution in [1.82, 2.24) is 0 Å². The predicted octanol–water partition coefficient (Wildman–Crippen LogP) is 5.41. The van der Waals surface area contributed by atoms with E-state index in [0.29, 0.717) is 33.9 Å². The molecule has 6 heteroatoms. The Morgan fingerprint density at radius 1 is 0.970 bits per heavy atom. The average Bonchev–Trinajstić information content (AvgIpc) is 3.14. The molecule has 0 aromatic heterocycles. The van der Waals surface area contributed by atoms with Gasteiger partial charge in [0.05, 0.1) is 25.3 Å². The lowest BCUT2D eigenvalue weighted by molar-refractivity contribution is 0.0734. The summed E-state index contributed by atoms with van der Waals surface area (Å²) in [6.07, 6.45) is 2.66. The molecule has 0 N–H and O–H groups in total. The first kappa shape index (κ1) is 22.1. The lowest BCUT2D eigenvalue weighted by Gasteiger charge is -2.10. The maximum Gasteiger partial charge on any atom is 0.343 e. The lowest BCUT2D eigenvalue weighted by Crippen LogP contribution is -2.09. The number of ketones is 1. The summed E-state index contributed by atoms with van der Waals surface area (Å²) in [5.74, 6) is 1.07. The second kappa shape index (κ2) is 9.20. The lowest BCUT2D eigenvalue weighted by atomic mass is 10.0. The van der Waals surface area contributed by atoms with E-state index < -0.39 is 5.97 Å². The summed E-state index contributed by atoms with van der Waals surface area (Å²) in [5, 5.41) is 0. The van der Waals surface area contributed by atoms with Gasteiger partial charge < -0.3 is 18.9 Å². The standard InChI is InChI=1S/C27H24O6/c1-5-17-6-8-18(9-7-17)13-24-26(28)25-16(2)12-20(15-23(25)33-24)32-27(29)19-10-11-21(30-3)22(14-19)31-4/h6-15H,5H2,1-4H3/b24-13-. The summed E-state index contributed by atoms with van der Waals surface area (Å²) in [4.78, 5) is 25.6. The molecule has 0 saturated carbocycles. The average molecular weight is 444 g/mol. The number of benzene rings is 3. The van der Waals surface area contributed by atoms with E-state index in [1.807, 2.05) is 24.3 Å². The highest BCUT2D eigenvalue weighted by atomic mass is 16.5. The van der Waals surface area contributed by atoms with E-state index in [1.165, 1.54) is 19.8 Å². The van der Waals surface area contributed by atoms with Gasteiger partial charge in [0, 0.05) is 6.07 Å². The largest absolute Gasteiger partial charge is 0.493 e. The van der Waals surface area contributed by atoms with Crippen molar-refractivity contribution in [2.45, 2.75) is 20.3 Å². The summed E-state index contributed by atoms with van der Waals surface area (Å²) < 4.78 is 21.8. The van der Waals surface area contributed by atoms with Crippen LogP contribution in [0.5, 0.6) is 23.0 Å². The minimum Gasteiger partial charge on any atom is -0.493 e. The second-order valence-corrected chi connectivity index (χ2v) is 7.61. The maximum absolute atomic E-state index is 12.9. The SMILES string of the molecule is CCc1ccc(/C=C2\Oc3cc(OC(=O)c4ccc(OC)c(OC)c4)cc(C)c3C2=O)cc1. The van der Waals surface area contributed by atoms with Gasteiger partial charge in [0.2, 0.25) is 5.78 Å². The molecule has 0 fully saturated rings. The molecular weight excluding hydrogens is 420 g/mol. The molecule has 0 unspecified atom stereocenters. The van der Waals surface area contributed by atoms with Crippen molar-refractivity contribution in [2.24, 2.45) is 0 Å². The van der Waals surface area contributed by atoms with Crippen LogP contribution < -0.4 is 18.9 Å². The third-order valence-corrected chi connectivity index (χ3v) is 5.46. The molecule has 33 heavy (non-hydrogen) atoms. The number of allylic oxidation sites excluding steroid dienone is 1. The van der Waals surface area contributed by atoms with Crippen LogP contribution in [-0.4, -0.2) is 26.0 Å². The fourth-order valence-corrected chi connectivity index (χ4v) is 3.67. The van der Waals surface area contributed by atoms with Crippen LogP contribution in [0.3, 0.4) is 0 Å². The van der Waals surface area contributed by atoms with Gasteiger partial charge in [-0.1, -0.05) is 31.2 Å². The molecule has 0 amide bonds. The Balaban J connectivity index is 1.57. The van der Waals surface area contributed by atoms with Gasteiger partial charge in [-0.25, -0.2) is 4.79 Å². The Bertz CT molecular complexity index is 1250. The van der Waals surface area contributed by atoms with Crippen molar-refractivity contribution in [1.29, 1.82) is 0 Å². The van der Waals surface area contributed by atoms with Gasteiger partial charge in [0.1, 0.15) is 11.5 Å². The van der Waals surface area contributed by atoms with Crippen LogP contribution in [0.25, 0.3) is 6.08 Å². The molecule has 168 valence electrons. The first-order valence-corrected chi connectivity index (χ1v) is 10.6. The van der Waals surface area contributed by atoms with Gasteiger partial charge in [-0.15, -0.1) is 0 Å². The highest BCUT2D eigenvalue weighted by Gasteiger charge is 2.30. The van der Waals surface area contributed by atoms with Gasteiger partial charge in [-0.3, -0.25) is 4.79 Å². The molecule has 0 aliphatic carbocycles. The van der Waals surface area contributed by atoms with Crippen molar-refractivity contribution >= 4 is 17.8 Å². The molecule has 1 aliphatic rings. The fraction of sp³-hybridized carbons (Fsp3) is 0.185. The quantitative estimate of drug-likeness (QED) is 0.288. The van der Waals surface area contributed by atoms with Crippen LogP contribution in [-0.2, 0) is 6.42 Å². The summed E-state index contributed by atoms with van der Waals surface area (Å²) >= 11 is 0. The zero-order valence-corrected chi connectivity index (χ0v) is 18.9. The summed E-state index contributed by atoms with van der Waals surface area (Å²) in [7, 11) is 3.02. The highest BCUT2D eigenvalue weighted by Crippen LogP contribution is 2.38. The van der Waals surface area contributed by atoms with Crippen LogP contribution in [0.4, 0.5) is 0 Å². The number of esters is 1. The van der Waals surface area contributed by atoms with E-state index in [2.05, 4.69) is 6.92 Å². The smallest absolute Gasteiger partial charge is 0.343 e. The Kier molecular flexibility index (Phi) is 6.18. The first-order valence-electron chi connectivity index (χ1n) is 10.6. The third-order valence-electron chi connectivity index (χ3n) is 5.46. The Labute approximate surface area is 192 Å². The number of aryl methyl sites for hydroxylation is 2. The van der Waals surface area contributed by atoms with Crippen molar-refractivity contribution < 1.29 is 28.5 Å². The number of fused-ring (bicyclic) bond motifs is 1. The zero-order valence-electron chi connectivity index (χ0n) is 18.9. The van der Waals surface area contributed by atoms with Gasteiger partial charge in [-0.05, 0) is 60.4 Å². The minimum atomic E-state index is -0.564. The van der Waals surface area contributed by atoms with E-state index in [1.54, 1.807) is 43.3 Å². The molecule has 0 saturated heterocycles. The number of Topliss-reactive ketones (excluding diaryl/α,β-unsaturated/α-hetero) is 1. The Morgan fingerprint density at radius 2 is 1.70 bits per heavy atom. The van der Waals surface area contributed by atoms with Gasteiger partial charge in [-0.2, -0.15) is 0 Å². The van der Waals surface area contributed by atoms with E-state index in [4.69, 9.17) is 18.9 Å². The van der Waals surface area contributed by atoms with Gasteiger partial charge in [0.15, 0.2) is 17.3 Å². The molecule has 0 radical (unpaired) electrons. The molecule has 1 aliphatic heterocycles. The molecule has 0 atom stereocenters. The van der Waals surface area contributed by atoms with Gasteiger partial charge >= 0.3 is 5.97 Å². The number of methoxy groups -OCH3 is 2. The molecule has 4 rings (SSSR count). The van der Waals surface area contributed by atoms with E-state index >= 15 is 0 Å². The topological polar surface area (TPSA) is 71.1 Å². The van der Waals surface area contributed by atoms with E-state index in [0.717, 1.165) is 12.0 Å². The molecule has 0 spiro atoms. The van der Waals surface area contributed by atoms with E-state index in [9.17, 15) is 9.59 Å². The monoisotopic (exact) mass is 444 g/mol. The minimum absolute atomic E-state index is 0.195. The highest BCUT2D eigenvalue weighted by molar-refractivity contribution is 6.15. The van der Waals surface area contributed by atoms with Crippen molar-refractivity contribution in [2.75, 3.05) is 14.2 Å². The van der Waals surface area contributed by atoms with Crippen molar-refractivity contribution in [3.63, 3.8) is 0 Å². The number of hydrogen-bond donors (Lipinski definition) is 0. The molecule has 3 aromatic rings. The molecule has 0 bridgehead atoms. The van der Waals surface area contributed by atoms with E-state index in [-0.39, 0.29) is 17.3 Å². The second-order valence-electron chi connectivity index (χ2n) is 7.61. The zero-order chi connectivity index (χ0) is 23.5. The number of carbonyl (C=O) groups excluding carboxylic acids is 2. The summed E-state index contributed by atoms with van der Waals surface area (Å²) in [6.45, 7) is 3.87. The molecular formula is C27H24O6. The van der Waals surface area contributed by atoms with Crippen molar-refractivity contribution in [3.05, 3.63) is 88.2 Å². The number of hydrogen-bond acceptors (Lipinski definition) is 6. The molecule has 1 heterocycles. The van der Waals surface area contributed by atoms with Crippen LogP contribution in [0, 0.1) is 6.92 Å². The van der Waals surface area contributed by atoms with Crippen LogP contribution >= 0.6 is 0 Å². The number of ether oxygens (including phenoxy) is 4. The Morgan fingerprint density at radius 3 is 2.36 bits per heavy atom. The van der Waals surface area contributed by atoms with Crippen molar-refractivity contribution in [3.8, 4) is 23.0 Å². The normalized spacial score (nSPS) is 13.5. The fourth-order valence-electron chi connectivity index (χ4n) is 3.67. The summed E-state index contributed by atoms with van der Waals surface area (Å²) in [5.41, 5.74) is 3.53. The Hall–Kier alpha value is -4.06. The summed E-state index contributed by atoms with van der Waals surface area (Å²) in [6, 6.07) is 15.9. The molecule has 3 aromatic carbocycles. The first-order chi connectivity index (χ1) is 15.9. The van der Waals surface area contributed by atoms with Crippen LogP contribution in [0.1, 0.15) is 44.3 Å². The van der Waals surface area contributed by atoms with Crippen LogP contribution in [0.2, 0.25) is 0 Å². The predicted molar refractivity (Wildman–Crippen MR) is 124 cm³/mol. The third kappa shape index (κ3) is 4.46. The molecule has 6 nitrogen and oxygen atoms in total. The number of rotatable bonds is 6. The van der Waals surface area contributed by atoms with Crippen LogP contribution in [0.15, 0.2) is 60.4 Å². The maximum atomic E-state index is 12.9. The number of carbonyl (C=O) groups is 2. The van der Waals surface area contributed by atoms with Gasteiger partial charge in [0.25, 0.3) is 0 Å².